The zero-order valence-electron chi connectivity index (χ0n) is 14.4. The molecule has 25 heavy (non-hydrogen) atoms. The first-order valence-electron chi connectivity index (χ1n) is 8.01. The van der Waals surface area contributed by atoms with Gasteiger partial charge in [-0.1, -0.05) is 47.1 Å². The molecule has 6 heteroatoms. The zero-order valence-corrected chi connectivity index (χ0v) is 16.0. The maximum absolute atomic E-state index is 13.0. The maximum atomic E-state index is 13.0. The lowest BCUT2D eigenvalue weighted by molar-refractivity contribution is 0.259. The fourth-order valence-corrected chi connectivity index (χ4v) is 3.65. The van der Waals surface area contributed by atoms with Gasteiger partial charge in [0, 0.05) is 15.5 Å². The smallest absolute Gasteiger partial charge is 0.307 e. The molecule has 0 aliphatic carbocycles. The van der Waals surface area contributed by atoms with E-state index < -0.39 is 0 Å². The minimum atomic E-state index is -0.255. The van der Waals surface area contributed by atoms with Crippen molar-refractivity contribution in [3.05, 3.63) is 59.1 Å². The van der Waals surface area contributed by atoms with Crippen LogP contribution in [0.5, 0.6) is 0 Å². The van der Waals surface area contributed by atoms with Gasteiger partial charge in [-0.3, -0.25) is 4.99 Å². The summed E-state index contributed by atoms with van der Waals surface area (Å²) >= 11 is 7.72. The third kappa shape index (κ3) is 4.35. The Balaban J connectivity index is 1.90. The average Bonchev–Trinajstić information content (AvgIpc) is 2.89. The van der Waals surface area contributed by atoms with E-state index in [2.05, 4.69) is 24.2 Å². The Morgan fingerprint density at radius 3 is 2.56 bits per heavy atom. The van der Waals surface area contributed by atoms with E-state index in [4.69, 9.17) is 11.6 Å². The van der Waals surface area contributed by atoms with Gasteiger partial charge in [-0.2, -0.15) is 0 Å². The summed E-state index contributed by atoms with van der Waals surface area (Å²) in [5, 5.41) is 4.20. The Hall–Kier alpha value is -1.98. The number of carbonyl (C=O) groups is 1. The molecule has 3 rings (SSSR count). The van der Waals surface area contributed by atoms with E-state index in [9.17, 15) is 4.79 Å². The number of carbonyl (C=O) groups excluding carboxylic acids is 1. The molecule has 1 N–H and O–H groups in total. The molecule has 4 nitrogen and oxygen atoms in total. The van der Waals surface area contributed by atoms with Gasteiger partial charge in [0.25, 0.3) is 0 Å². The monoisotopic (exact) mass is 373 g/mol. The van der Waals surface area contributed by atoms with Gasteiger partial charge in [-0.25, -0.2) is 9.69 Å². The minimum Gasteiger partial charge on any atom is -0.307 e. The first-order chi connectivity index (χ1) is 11.8. The van der Waals surface area contributed by atoms with Gasteiger partial charge in [0.15, 0.2) is 5.17 Å². The van der Waals surface area contributed by atoms with E-state index in [1.165, 1.54) is 0 Å². The molecule has 1 aliphatic heterocycles. The number of amides is 2. The van der Waals surface area contributed by atoms with E-state index in [0.29, 0.717) is 22.4 Å². The maximum Gasteiger partial charge on any atom is 0.332 e. The van der Waals surface area contributed by atoms with Crippen LogP contribution in [0.4, 0.5) is 16.2 Å². The molecule has 0 saturated carbocycles. The molecule has 0 saturated heterocycles. The summed E-state index contributed by atoms with van der Waals surface area (Å²) in [4.78, 5) is 19.1. The van der Waals surface area contributed by atoms with Crippen LogP contribution >= 0.6 is 23.4 Å². The highest BCUT2D eigenvalue weighted by molar-refractivity contribution is 8.15. The van der Waals surface area contributed by atoms with Crippen LogP contribution < -0.4 is 10.2 Å². The van der Waals surface area contributed by atoms with Gasteiger partial charge in [0.2, 0.25) is 0 Å². The standard InChI is InChI=1S/C19H20ClN3OS/c1-13-7-9-15(10-8-13)22-17(24)23(16-6-4-5-14(20)11-16)18-21-12-19(2,3)25-18/h4-11H,12H2,1-3H3,(H,22,24). The lowest BCUT2D eigenvalue weighted by Crippen LogP contribution is -2.38. The first kappa shape index (κ1) is 17.8. The van der Waals surface area contributed by atoms with Crippen molar-refractivity contribution in [1.29, 1.82) is 0 Å². The van der Waals surface area contributed by atoms with Crippen molar-refractivity contribution in [3.63, 3.8) is 0 Å². The quantitative estimate of drug-likeness (QED) is 0.748. The molecule has 0 aromatic heterocycles. The van der Waals surface area contributed by atoms with Crippen LogP contribution in [-0.2, 0) is 0 Å². The van der Waals surface area contributed by atoms with E-state index >= 15 is 0 Å². The highest BCUT2D eigenvalue weighted by Gasteiger charge is 2.33. The Kier molecular flexibility index (Phi) is 5.06. The summed E-state index contributed by atoms with van der Waals surface area (Å²) < 4.78 is -0.0315. The third-order valence-corrected chi connectivity index (χ3v) is 5.14. The van der Waals surface area contributed by atoms with Crippen LogP contribution in [0.25, 0.3) is 0 Å². The number of amidine groups is 1. The number of aryl methyl sites for hydroxylation is 1. The molecule has 0 radical (unpaired) electrons. The van der Waals surface area contributed by atoms with E-state index in [1.54, 1.807) is 28.8 Å². The summed E-state index contributed by atoms with van der Waals surface area (Å²) in [6, 6.07) is 14.7. The van der Waals surface area contributed by atoms with E-state index in [0.717, 1.165) is 11.3 Å². The number of thioether (sulfide) groups is 1. The lowest BCUT2D eigenvalue weighted by Gasteiger charge is -2.24. The van der Waals surface area contributed by atoms with Crippen molar-refractivity contribution in [2.45, 2.75) is 25.5 Å². The second-order valence-corrected chi connectivity index (χ2v) is 8.68. The van der Waals surface area contributed by atoms with Crippen molar-refractivity contribution in [1.82, 2.24) is 0 Å². The molecule has 0 bridgehead atoms. The molecule has 0 atom stereocenters. The van der Waals surface area contributed by atoms with Crippen LogP contribution in [0, 0.1) is 6.92 Å². The topological polar surface area (TPSA) is 44.7 Å². The number of aliphatic imine (C=N–C) groups is 1. The highest BCUT2D eigenvalue weighted by Crippen LogP contribution is 2.36. The van der Waals surface area contributed by atoms with Gasteiger partial charge < -0.3 is 5.32 Å². The number of halogens is 1. The number of hydrogen-bond acceptors (Lipinski definition) is 3. The van der Waals surface area contributed by atoms with Crippen LogP contribution in [0.1, 0.15) is 19.4 Å². The number of benzene rings is 2. The molecule has 2 aromatic carbocycles. The van der Waals surface area contributed by atoms with Gasteiger partial charge in [0.05, 0.1) is 12.2 Å². The van der Waals surface area contributed by atoms with Crippen molar-refractivity contribution in [2.75, 3.05) is 16.8 Å². The normalized spacial score (nSPS) is 15.6. The summed E-state index contributed by atoms with van der Waals surface area (Å²) in [5.74, 6) is 0. The fourth-order valence-electron chi connectivity index (χ4n) is 2.43. The first-order valence-corrected chi connectivity index (χ1v) is 9.20. The predicted molar refractivity (Wildman–Crippen MR) is 108 cm³/mol. The van der Waals surface area contributed by atoms with E-state index in [1.807, 2.05) is 43.3 Å². The average molecular weight is 374 g/mol. The summed E-state index contributed by atoms with van der Waals surface area (Å²) in [6.45, 7) is 6.90. The lowest BCUT2D eigenvalue weighted by atomic mass is 10.2. The SMILES string of the molecule is Cc1ccc(NC(=O)N(C2=NCC(C)(C)S2)c2cccc(Cl)c2)cc1. The number of nitrogens with zero attached hydrogens (tertiary/aromatic N) is 2. The molecular formula is C19H20ClN3OS. The number of anilines is 2. The molecule has 1 aliphatic rings. The predicted octanol–water partition coefficient (Wildman–Crippen LogP) is 5.57. The largest absolute Gasteiger partial charge is 0.332 e. The van der Waals surface area contributed by atoms with Crippen molar-refractivity contribution in [2.24, 2.45) is 4.99 Å². The Morgan fingerprint density at radius 1 is 1.24 bits per heavy atom. The van der Waals surface area contributed by atoms with Crippen molar-refractivity contribution >= 4 is 45.9 Å². The molecular weight excluding hydrogens is 354 g/mol. The summed E-state index contributed by atoms with van der Waals surface area (Å²) in [7, 11) is 0. The molecule has 0 unspecified atom stereocenters. The Labute approximate surface area is 157 Å². The molecule has 2 aromatic rings. The molecule has 2 amide bonds. The number of rotatable bonds is 2. The molecule has 0 spiro atoms. The highest BCUT2D eigenvalue weighted by atomic mass is 35.5. The zero-order chi connectivity index (χ0) is 18.0. The second kappa shape index (κ2) is 7.10. The second-order valence-electron chi connectivity index (χ2n) is 6.57. The molecule has 130 valence electrons. The van der Waals surface area contributed by atoms with E-state index in [-0.39, 0.29) is 10.8 Å². The number of hydrogen-bond donors (Lipinski definition) is 1. The van der Waals surface area contributed by atoms with Crippen molar-refractivity contribution in [3.8, 4) is 0 Å². The molecule has 1 heterocycles. The van der Waals surface area contributed by atoms with Crippen LogP contribution in [-0.4, -0.2) is 22.5 Å². The molecule has 0 fully saturated rings. The Bertz CT molecular complexity index is 818. The van der Waals surface area contributed by atoms with Crippen LogP contribution in [0.2, 0.25) is 5.02 Å². The van der Waals surface area contributed by atoms with Crippen molar-refractivity contribution < 1.29 is 4.79 Å². The minimum absolute atomic E-state index is 0.0315. The Morgan fingerprint density at radius 2 is 1.96 bits per heavy atom. The number of nitrogens with one attached hydrogen (secondary N) is 1. The summed E-state index contributed by atoms with van der Waals surface area (Å²) in [6.07, 6.45) is 0. The van der Waals surface area contributed by atoms with Gasteiger partial charge in [0.1, 0.15) is 0 Å². The van der Waals surface area contributed by atoms with Gasteiger partial charge in [-0.05, 0) is 51.1 Å². The van der Waals surface area contributed by atoms with Gasteiger partial charge >= 0.3 is 6.03 Å². The fraction of sp³-hybridized carbons (Fsp3) is 0.263. The third-order valence-electron chi connectivity index (χ3n) is 3.73. The van der Waals surface area contributed by atoms with Crippen LogP contribution in [0.15, 0.2) is 53.5 Å². The van der Waals surface area contributed by atoms with Crippen LogP contribution in [0.3, 0.4) is 0 Å². The number of urea groups is 1. The summed E-state index contributed by atoms with van der Waals surface area (Å²) in [5.41, 5.74) is 2.58. The van der Waals surface area contributed by atoms with Gasteiger partial charge in [-0.15, -0.1) is 0 Å².